The zero-order valence-electron chi connectivity index (χ0n) is 12.8. The van der Waals surface area contributed by atoms with E-state index in [0.717, 1.165) is 30.9 Å². The molecule has 5 heteroatoms. The Bertz CT molecular complexity index is 644. The number of benzene rings is 1. The summed E-state index contributed by atoms with van der Waals surface area (Å²) >= 11 is 12.3. The summed E-state index contributed by atoms with van der Waals surface area (Å²) in [6.45, 7) is 3.20. The fourth-order valence-corrected chi connectivity index (χ4v) is 3.48. The Labute approximate surface area is 141 Å². The summed E-state index contributed by atoms with van der Waals surface area (Å²) in [5.74, 6) is 1.11. The molecular formula is C17H21Cl2N3. The molecule has 0 fully saturated rings. The summed E-state index contributed by atoms with van der Waals surface area (Å²) in [6, 6.07) is 5.58. The van der Waals surface area contributed by atoms with Gasteiger partial charge in [0, 0.05) is 22.2 Å². The SMILES string of the molecule is CCCCc1nn(-c2cc(Cl)cc(Cl)c2)c2c1CCCCN2. The Kier molecular flexibility index (Phi) is 4.94. The number of unbranched alkanes of at least 4 members (excludes halogenated alkanes) is 1. The van der Waals surface area contributed by atoms with E-state index in [1.807, 2.05) is 16.8 Å². The minimum Gasteiger partial charge on any atom is -0.370 e. The number of halogens is 2. The molecule has 0 bridgehead atoms. The minimum atomic E-state index is 0.635. The quantitative estimate of drug-likeness (QED) is 0.823. The van der Waals surface area contributed by atoms with Gasteiger partial charge in [0.15, 0.2) is 0 Å². The molecule has 1 aromatic heterocycles. The number of hydrogen-bond acceptors (Lipinski definition) is 2. The van der Waals surface area contributed by atoms with Crippen LogP contribution in [0.15, 0.2) is 18.2 Å². The smallest absolute Gasteiger partial charge is 0.133 e. The highest BCUT2D eigenvalue weighted by Crippen LogP contribution is 2.31. The number of aryl methyl sites for hydroxylation is 1. The van der Waals surface area contributed by atoms with Gasteiger partial charge in [-0.15, -0.1) is 0 Å². The van der Waals surface area contributed by atoms with Gasteiger partial charge in [0.25, 0.3) is 0 Å². The van der Waals surface area contributed by atoms with Gasteiger partial charge in [0.05, 0.1) is 11.4 Å². The van der Waals surface area contributed by atoms with E-state index in [1.165, 1.54) is 36.9 Å². The number of fused-ring (bicyclic) bond motifs is 1. The summed E-state index contributed by atoms with van der Waals surface area (Å²) in [5, 5.41) is 9.67. The first-order valence-electron chi connectivity index (χ1n) is 8.00. The van der Waals surface area contributed by atoms with Gasteiger partial charge in [-0.05, 0) is 50.3 Å². The summed E-state index contributed by atoms with van der Waals surface area (Å²) < 4.78 is 1.98. The van der Waals surface area contributed by atoms with Gasteiger partial charge in [-0.2, -0.15) is 5.10 Å². The number of hydrogen-bond donors (Lipinski definition) is 1. The van der Waals surface area contributed by atoms with E-state index in [9.17, 15) is 0 Å². The largest absolute Gasteiger partial charge is 0.370 e. The van der Waals surface area contributed by atoms with Crippen LogP contribution < -0.4 is 5.32 Å². The highest BCUT2D eigenvalue weighted by atomic mass is 35.5. The molecule has 1 aliphatic rings. The van der Waals surface area contributed by atoms with Crippen LogP contribution in [0.5, 0.6) is 0 Å². The first-order valence-corrected chi connectivity index (χ1v) is 8.75. The Morgan fingerprint density at radius 2 is 1.95 bits per heavy atom. The van der Waals surface area contributed by atoms with Crippen LogP contribution in [-0.4, -0.2) is 16.3 Å². The van der Waals surface area contributed by atoms with Crippen molar-refractivity contribution in [1.29, 1.82) is 0 Å². The van der Waals surface area contributed by atoms with E-state index in [0.29, 0.717) is 10.0 Å². The van der Waals surface area contributed by atoms with Gasteiger partial charge >= 0.3 is 0 Å². The molecule has 0 radical (unpaired) electrons. The third-order valence-corrected chi connectivity index (χ3v) is 4.51. The first kappa shape index (κ1) is 15.7. The first-order chi connectivity index (χ1) is 10.7. The van der Waals surface area contributed by atoms with E-state index in [2.05, 4.69) is 12.2 Å². The number of anilines is 1. The molecule has 0 atom stereocenters. The highest BCUT2D eigenvalue weighted by molar-refractivity contribution is 6.34. The molecule has 0 saturated carbocycles. The molecule has 22 heavy (non-hydrogen) atoms. The van der Waals surface area contributed by atoms with E-state index in [-0.39, 0.29) is 0 Å². The van der Waals surface area contributed by atoms with Crippen LogP contribution in [0.1, 0.15) is 43.9 Å². The lowest BCUT2D eigenvalue weighted by atomic mass is 10.1. The van der Waals surface area contributed by atoms with Crippen molar-refractivity contribution < 1.29 is 0 Å². The average Bonchev–Trinajstić information content (AvgIpc) is 2.66. The zero-order valence-corrected chi connectivity index (χ0v) is 14.3. The third-order valence-electron chi connectivity index (χ3n) is 4.07. The van der Waals surface area contributed by atoms with Crippen molar-refractivity contribution in [2.24, 2.45) is 0 Å². The zero-order chi connectivity index (χ0) is 15.5. The van der Waals surface area contributed by atoms with Crippen molar-refractivity contribution in [3.8, 4) is 5.69 Å². The summed E-state index contributed by atoms with van der Waals surface area (Å²) in [7, 11) is 0. The predicted octanol–water partition coefficient (Wildman–Crippen LogP) is 5.27. The van der Waals surface area contributed by atoms with Crippen LogP contribution in [0.3, 0.4) is 0 Å². The maximum Gasteiger partial charge on any atom is 0.133 e. The van der Waals surface area contributed by atoms with Crippen LogP contribution in [0.4, 0.5) is 5.82 Å². The predicted molar refractivity (Wildman–Crippen MR) is 93.6 cm³/mol. The van der Waals surface area contributed by atoms with Crippen molar-refractivity contribution in [2.75, 3.05) is 11.9 Å². The number of rotatable bonds is 4. The Balaban J connectivity index is 2.08. The van der Waals surface area contributed by atoms with Crippen LogP contribution in [0.2, 0.25) is 10.0 Å². The lowest BCUT2D eigenvalue weighted by molar-refractivity contribution is 0.728. The van der Waals surface area contributed by atoms with Gasteiger partial charge in [-0.3, -0.25) is 0 Å². The second-order valence-electron chi connectivity index (χ2n) is 5.80. The highest BCUT2D eigenvalue weighted by Gasteiger charge is 2.20. The van der Waals surface area contributed by atoms with Crippen molar-refractivity contribution in [2.45, 2.75) is 45.4 Å². The standard InChI is InChI=1S/C17H21Cl2N3/c1-2-3-7-16-15-6-4-5-8-20-17(15)22(21-16)14-10-12(18)9-13(19)11-14/h9-11,20H,2-8H2,1H3. The van der Waals surface area contributed by atoms with Gasteiger partial charge in [-0.25, -0.2) is 4.68 Å². The molecule has 2 aromatic rings. The molecule has 1 N–H and O–H groups in total. The fourth-order valence-electron chi connectivity index (χ4n) is 2.97. The molecule has 0 amide bonds. The number of nitrogens with one attached hydrogen (secondary N) is 1. The second kappa shape index (κ2) is 6.93. The molecule has 2 heterocycles. The van der Waals surface area contributed by atoms with Crippen LogP contribution in [0.25, 0.3) is 5.69 Å². The van der Waals surface area contributed by atoms with Gasteiger partial charge < -0.3 is 5.32 Å². The summed E-state index contributed by atoms with van der Waals surface area (Å²) in [4.78, 5) is 0. The van der Waals surface area contributed by atoms with E-state index < -0.39 is 0 Å². The van der Waals surface area contributed by atoms with Crippen molar-refractivity contribution >= 4 is 29.0 Å². The van der Waals surface area contributed by atoms with Gasteiger partial charge in [0.2, 0.25) is 0 Å². The monoisotopic (exact) mass is 337 g/mol. The molecule has 1 aromatic carbocycles. The second-order valence-corrected chi connectivity index (χ2v) is 6.67. The normalized spacial score (nSPS) is 14.3. The van der Waals surface area contributed by atoms with Crippen LogP contribution in [0, 0.1) is 0 Å². The van der Waals surface area contributed by atoms with Crippen LogP contribution in [-0.2, 0) is 12.8 Å². The Morgan fingerprint density at radius 3 is 2.68 bits per heavy atom. The Hall–Kier alpha value is -1.19. The number of aromatic nitrogens is 2. The molecule has 0 unspecified atom stereocenters. The molecule has 3 nitrogen and oxygen atoms in total. The van der Waals surface area contributed by atoms with E-state index >= 15 is 0 Å². The molecule has 3 rings (SSSR count). The minimum absolute atomic E-state index is 0.635. The summed E-state index contributed by atoms with van der Waals surface area (Å²) in [5.41, 5.74) is 3.50. The lowest BCUT2D eigenvalue weighted by Crippen LogP contribution is -2.07. The third kappa shape index (κ3) is 3.26. The fraction of sp³-hybridized carbons (Fsp3) is 0.471. The summed E-state index contributed by atoms with van der Waals surface area (Å²) in [6.07, 6.45) is 6.87. The van der Waals surface area contributed by atoms with Gasteiger partial charge in [0.1, 0.15) is 5.82 Å². The maximum atomic E-state index is 6.16. The molecule has 0 spiro atoms. The average molecular weight is 338 g/mol. The maximum absolute atomic E-state index is 6.16. The van der Waals surface area contributed by atoms with Crippen molar-refractivity contribution in [1.82, 2.24) is 9.78 Å². The van der Waals surface area contributed by atoms with E-state index in [1.54, 1.807) is 6.07 Å². The van der Waals surface area contributed by atoms with Crippen molar-refractivity contribution in [3.05, 3.63) is 39.5 Å². The topological polar surface area (TPSA) is 29.9 Å². The lowest BCUT2D eigenvalue weighted by Gasteiger charge is -2.10. The molecule has 0 aliphatic carbocycles. The van der Waals surface area contributed by atoms with Crippen LogP contribution >= 0.6 is 23.2 Å². The van der Waals surface area contributed by atoms with Gasteiger partial charge in [-0.1, -0.05) is 36.5 Å². The van der Waals surface area contributed by atoms with E-state index in [4.69, 9.17) is 28.3 Å². The number of nitrogens with zero attached hydrogens (tertiary/aromatic N) is 2. The molecular weight excluding hydrogens is 317 g/mol. The van der Waals surface area contributed by atoms with Crippen molar-refractivity contribution in [3.63, 3.8) is 0 Å². The molecule has 0 saturated heterocycles. The molecule has 118 valence electrons. The Morgan fingerprint density at radius 1 is 1.18 bits per heavy atom. The molecule has 1 aliphatic heterocycles.